The van der Waals surface area contributed by atoms with Crippen LogP contribution < -0.4 is 0 Å². The quantitative estimate of drug-likeness (QED) is 0.612. The highest BCUT2D eigenvalue weighted by Gasteiger charge is 2.33. The van der Waals surface area contributed by atoms with E-state index in [1.807, 2.05) is 23.1 Å². The van der Waals surface area contributed by atoms with E-state index in [0.717, 1.165) is 69.2 Å². The van der Waals surface area contributed by atoms with E-state index in [2.05, 4.69) is 35.0 Å². The Kier molecular flexibility index (Phi) is 7.28. The number of aromatic nitrogens is 2. The Hall–Kier alpha value is -1.92. The molecule has 31 heavy (non-hydrogen) atoms. The predicted molar refractivity (Wildman–Crippen MR) is 121 cm³/mol. The Bertz CT molecular complexity index is 876. The first kappa shape index (κ1) is 22.3. The van der Waals surface area contributed by atoms with Crippen LogP contribution in [0.3, 0.4) is 0 Å². The highest BCUT2D eigenvalue weighted by molar-refractivity contribution is 6.30. The molecule has 2 aliphatic rings. The number of halogens is 1. The van der Waals surface area contributed by atoms with Crippen LogP contribution >= 0.6 is 11.6 Å². The Morgan fingerprint density at radius 1 is 1.13 bits per heavy atom. The summed E-state index contributed by atoms with van der Waals surface area (Å²) < 4.78 is 6.17. The van der Waals surface area contributed by atoms with E-state index in [4.69, 9.17) is 16.0 Å². The van der Waals surface area contributed by atoms with Crippen LogP contribution in [0.2, 0.25) is 5.02 Å². The number of likely N-dealkylation sites (tertiary alicyclic amines) is 2. The van der Waals surface area contributed by atoms with Gasteiger partial charge < -0.3 is 9.32 Å². The molecule has 0 N–H and O–H groups in total. The van der Waals surface area contributed by atoms with Gasteiger partial charge in [-0.05, 0) is 68.8 Å². The van der Waals surface area contributed by atoms with Gasteiger partial charge in [0, 0.05) is 30.5 Å². The second-order valence-corrected chi connectivity index (χ2v) is 9.79. The summed E-state index contributed by atoms with van der Waals surface area (Å²) in [5.74, 6) is 2.20. The minimum Gasteiger partial charge on any atom is -0.423 e. The zero-order valence-electron chi connectivity index (χ0n) is 18.6. The van der Waals surface area contributed by atoms with Crippen molar-refractivity contribution in [2.75, 3.05) is 19.6 Å². The lowest BCUT2D eigenvalue weighted by molar-refractivity contribution is -0.136. The maximum absolute atomic E-state index is 12.7. The lowest BCUT2D eigenvalue weighted by Gasteiger charge is -2.34. The van der Waals surface area contributed by atoms with Gasteiger partial charge in [0.15, 0.2) is 0 Å². The molecule has 2 aliphatic heterocycles. The molecule has 1 aromatic heterocycles. The van der Waals surface area contributed by atoms with E-state index in [9.17, 15) is 4.79 Å². The maximum Gasteiger partial charge on any atom is 0.238 e. The zero-order chi connectivity index (χ0) is 21.8. The van der Waals surface area contributed by atoms with Gasteiger partial charge in [0.25, 0.3) is 0 Å². The van der Waals surface area contributed by atoms with Crippen molar-refractivity contribution in [3.63, 3.8) is 0 Å². The van der Waals surface area contributed by atoms with Crippen LogP contribution in [-0.2, 0) is 11.3 Å². The average Bonchev–Trinajstić information content (AvgIpc) is 3.24. The van der Waals surface area contributed by atoms with E-state index in [1.54, 1.807) is 0 Å². The van der Waals surface area contributed by atoms with E-state index in [0.29, 0.717) is 24.1 Å². The molecular weight excluding hydrogens is 412 g/mol. The fourth-order valence-corrected chi connectivity index (χ4v) is 4.94. The Labute approximate surface area is 190 Å². The molecule has 2 fully saturated rings. The zero-order valence-corrected chi connectivity index (χ0v) is 19.4. The van der Waals surface area contributed by atoms with Crippen LogP contribution in [-0.4, -0.2) is 45.5 Å². The summed E-state index contributed by atoms with van der Waals surface area (Å²) in [5.41, 5.74) is 1.24. The number of carbonyl (C=O) groups excluding carboxylic acids is 1. The molecule has 1 amide bonds. The molecule has 0 radical (unpaired) electrons. The lowest BCUT2D eigenvalue weighted by Crippen LogP contribution is -2.39. The van der Waals surface area contributed by atoms with Crippen LogP contribution in [0.5, 0.6) is 0 Å². The van der Waals surface area contributed by atoms with Gasteiger partial charge in [-0.25, -0.2) is 0 Å². The molecule has 2 aromatic rings. The highest BCUT2D eigenvalue weighted by atomic mass is 35.5. The number of benzene rings is 1. The van der Waals surface area contributed by atoms with E-state index in [1.165, 1.54) is 5.56 Å². The molecule has 0 bridgehead atoms. The van der Waals surface area contributed by atoms with Gasteiger partial charge in [0.05, 0.1) is 0 Å². The molecule has 3 heterocycles. The molecule has 1 aromatic carbocycles. The van der Waals surface area contributed by atoms with Crippen LogP contribution in [0.15, 0.2) is 28.7 Å². The topological polar surface area (TPSA) is 62.5 Å². The normalized spacial score (nSPS) is 21.0. The minimum absolute atomic E-state index is 0.0656. The lowest BCUT2D eigenvalue weighted by atomic mass is 9.96. The summed E-state index contributed by atoms with van der Waals surface area (Å²) >= 11 is 6.12. The molecule has 7 heteroatoms. The Balaban J connectivity index is 1.36. The number of piperidine rings is 2. The number of hydrogen-bond donors (Lipinski definition) is 0. The van der Waals surface area contributed by atoms with Crippen molar-refractivity contribution in [2.24, 2.45) is 5.92 Å². The molecule has 2 saturated heterocycles. The Morgan fingerprint density at radius 3 is 2.65 bits per heavy atom. The molecular formula is C24H33ClN4O2. The van der Waals surface area contributed by atoms with Crippen LogP contribution in [0.4, 0.5) is 0 Å². The van der Waals surface area contributed by atoms with E-state index in [-0.39, 0.29) is 11.9 Å². The molecule has 6 nitrogen and oxygen atoms in total. The minimum atomic E-state index is -0.0656. The number of amides is 1. The van der Waals surface area contributed by atoms with Crippen molar-refractivity contribution in [1.82, 2.24) is 20.0 Å². The van der Waals surface area contributed by atoms with E-state index >= 15 is 0 Å². The van der Waals surface area contributed by atoms with Crippen molar-refractivity contribution in [3.8, 4) is 0 Å². The van der Waals surface area contributed by atoms with Crippen molar-refractivity contribution < 1.29 is 9.21 Å². The second kappa shape index (κ2) is 10.1. The first-order valence-corrected chi connectivity index (χ1v) is 12.0. The van der Waals surface area contributed by atoms with Gasteiger partial charge in [-0.2, -0.15) is 0 Å². The van der Waals surface area contributed by atoms with E-state index < -0.39 is 0 Å². The van der Waals surface area contributed by atoms with Gasteiger partial charge in [-0.15, -0.1) is 10.2 Å². The number of rotatable bonds is 6. The molecule has 4 rings (SSSR count). The number of nitrogens with zero attached hydrogens (tertiary/aromatic N) is 4. The summed E-state index contributed by atoms with van der Waals surface area (Å²) in [6.45, 7) is 7.86. The average molecular weight is 445 g/mol. The molecule has 0 aliphatic carbocycles. The van der Waals surface area contributed by atoms with Crippen molar-refractivity contribution in [1.29, 1.82) is 0 Å². The fourth-order valence-electron chi connectivity index (χ4n) is 4.73. The third-order valence-electron chi connectivity index (χ3n) is 6.38. The Morgan fingerprint density at radius 2 is 1.90 bits per heavy atom. The summed E-state index contributed by atoms with van der Waals surface area (Å²) in [6, 6.07) is 8.01. The van der Waals surface area contributed by atoms with Gasteiger partial charge in [0.2, 0.25) is 17.7 Å². The molecule has 0 unspecified atom stereocenters. The maximum atomic E-state index is 12.7. The third kappa shape index (κ3) is 5.66. The summed E-state index contributed by atoms with van der Waals surface area (Å²) in [5, 5.41) is 9.57. The van der Waals surface area contributed by atoms with Gasteiger partial charge in [-0.3, -0.25) is 9.69 Å². The largest absolute Gasteiger partial charge is 0.423 e. The molecule has 0 spiro atoms. The van der Waals surface area contributed by atoms with Crippen molar-refractivity contribution >= 4 is 17.5 Å². The number of hydrogen-bond acceptors (Lipinski definition) is 5. The van der Waals surface area contributed by atoms with Gasteiger partial charge >= 0.3 is 0 Å². The summed E-state index contributed by atoms with van der Waals surface area (Å²) in [4.78, 5) is 17.1. The van der Waals surface area contributed by atoms with Crippen LogP contribution in [0.25, 0.3) is 0 Å². The molecule has 168 valence electrons. The van der Waals surface area contributed by atoms with Gasteiger partial charge in [-0.1, -0.05) is 37.6 Å². The number of carbonyl (C=O) groups is 1. The van der Waals surface area contributed by atoms with Crippen molar-refractivity contribution in [2.45, 2.75) is 70.9 Å². The molecule has 0 saturated carbocycles. The first-order chi connectivity index (χ1) is 15.0. The van der Waals surface area contributed by atoms with Crippen LogP contribution in [0.1, 0.15) is 81.7 Å². The summed E-state index contributed by atoms with van der Waals surface area (Å²) in [7, 11) is 0. The monoisotopic (exact) mass is 444 g/mol. The van der Waals surface area contributed by atoms with Crippen LogP contribution in [0, 0.1) is 5.92 Å². The molecule has 1 atom stereocenters. The van der Waals surface area contributed by atoms with Gasteiger partial charge in [0.1, 0.15) is 6.04 Å². The summed E-state index contributed by atoms with van der Waals surface area (Å²) in [6.07, 6.45) is 5.62. The second-order valence-electron chi connectivity index (χ2n) is 9.36. The smallest absolute Gasteiger partial charge is 0.238 e. The SMILES string of the molecule is CC(C)CC(=O)N1CCCC[C@H]1c1nnc(C2CCN(Cc3cccc(Cl)c3)CC2)o1. The van der Waals surface area contributed by atoms with Crippen molar-refractivity contribution in [3.05, 3.63) is 46.6 Å². The fraction of sp³-hybridized carbons (Fsp3) is 0.625. The standard InChI is InChI=1S/C24H33ClN4O2/c1-17(2)14-22(30)29-11-4-3-8-21(29)24-27-26-23(31-24)19-9-12-28(13-10-19)16-18-6-5-7-20(25)15-18/h5-7,15,17,19,21H,3-4,8-14,16H2,1-2H3/t21-/m0/s1. The first-order valence-electron chi connectivity index (χ1n) is 11.6. The predicted octanol–water partition coefficient (Wildman–Crippen LogP) is 5.20. The third-order valence-corrected chi connectivity index (χ3v) is 6.61. The highest BCUT2D eigenvalue weighted by Crippen LogP contribution is 2.34.